The Balaban J connectivity index is 1.17. The van der Waals surface area contributed by atoms with Crippen LogP contribution in [-0.2, 0) is 6.54 Å². The Morgan fingerprint density at radius 1 is 0.889 bits per heavy atom. The number of benzene rings is 2. The number of fused-ring (bicyclic) bond motifs is 2. The van der Waals surface area contributed by atoms with Crippen LogP contribution < -0.4 is 10.6 Å². The van der Waals surface area contributed by atoms with Crippen molar-refractivity contribution in [3.05, 3.63) is 107 Å². The molecule has 1 atom stereocenters. The Hall–Kier alpha value is -4.96. The minimum atomic E-state index is -0.247. The molecule has 6 aromatic rings. The lowest BCUT2D eigenvalue weighted by Crippen LogP contribution is -2.21. The van der Waals surface area contributed by atoms with Gasteiger partial charge in [-0.1, -0.05) is 35.9 Å². The van der Waals surface area contributed by atoms with Crippen molar-refractivity contribution in [1.82, 2.24) is 24.8 Å². The van der Waals surface area contributed by atoms with Crippen molar-refractivity contribution < 1.29 is 9.90 Å². The van der Waals surface area contributed by atoms with Crippen molar-refractivity contribution in [2.75, 3.05) is 23.7 Å². The maximum Gasteiger partial charge on any atom is 0.156 e. The number of carbonyl (C=O) groups is 1. The molecule has 224 valence electrons. The normalized spacial score (nSPS) is 15.0. The smallest absolute Gasteiger partial charge is 0.156 e. The second kappa shape index (κ2) is 12.2. The number of hydrogen-bond acceptors (Lipinski definition) is 9. The third-order valence-corrected chi connectivity index (χ3v) is 8.60. The van der Waals surface area contributed by atoms with E-state index in [1.165, 1.54) is 6.20 Å². The molecular weight excluding hydrogens is 586 g/mol. The Bertz CT molecular complexity index is 2070. The van der Waals surface area contributed by atoms with E-state index >= 15 is 0 Å². The lowest BCUT2D eigenvalue weighted by atomic mass is 9.98. The summed E-state index contributed by atoms with van der Waals surface area (Å²) in [5.41, 5.74) is 7.45. The van der Waals surface area contributed by atoms with Gasteiger partial charge >= 0.3 is 0 Å². The van der Waals surface area contributed by atoms with E-state index in [4.69, 9.17) is 16.6 Å². The fraction of sp³-hybridized carbons (Fsp3) is 0.171. The van der Waals surface area contributed by atoms with Crippen LogP contribution in [0.15, 0.2) is 85.5 Å². The Morgan fingerprint density at radius 3 is 2.27 bits per heavy atom. The fourth-order valence-corrected chi connectivity index (χ4v) is 6.16. The van der Waals surface area contributed by atoms with E-state index in [1.54, 1.807) is 18.5 Å². The van der Waals surface area contributed by atoms with Crippen LogP contribution in [0.2, 0.25) is 5.02 Å². The van der Waals surface area contributed by atoms with Crippen molar-refractivity contribution in [1.29, 1.82) is 0 Å². The van der Waals surface area contributed by atoms with E-state index in [0.717, 1.165) is 70.0 Å². The summed E-state index contributed by atoms with van der Waals surface area (Å²) in [6.45, 7) is 4.40. The number of nitrogens with zero attached hydrogens (tertiary/aromatic N) is 5. The van der Waals surface area contributed by atoms with Gasteiger partial charge in [0.25, 0.3) is 0 Å². The van der Waals surface area contributed by atoms with Crippen LogP contribution in [0.25, 0.3) is 32.9 Å². The molecule has 3 N–H and O–H groups in total. The highest BCUT2D eigenvalue weighted by Gasteiger charge is 2.20. The molecule has 1 fully saturated rings. The first-order valence-corrected chi connectivity index (χ1v) is 15.1. The summed E-state index contributed by atoms with van der Waals surface area (Å²) < 4.78 is 0. The Labute approximate surface area is 265 Å². The van der Waals surface area contributed by atoms with Crippen LogP contribution in [0.4, 0.5) is 23.0 Å². The average molecular weight is 616 g/mol. The van der Waals surface area contributed by atoms with Crippen LogP contribution in [0.1, 0.15) is 27.9 Å². The number of aliphatic hydroxyl groups excluding tert-OH is 1. The fourth-order valence-electron chi connectivity index (χ4n) is 5.88. The summed E-state index contributed by atoms with van der Waals surface area (Å²) in [6.07, 6.45) is 8.23. The SMILES string of the molecule is Cc1c(Nc2nccc3cc(CN4CC[C@@H](O)C4)cnc23)cccc1-c1cccc(Nc2nccc3cc(C=O)cnc23)c1Cl. The average Bonchev–Trinajstić information content (AvgIpc) is 3.47. The molecule has 5 heterocycles. The number of anilines is 4. The highest BCUT2D eigenvalue weighted by Crippen LogP contribution is 2.39. The van der Waals surface area contributed by atoms with Gasteiger partial charge in [-0.05, 0) is 66.4 Å². The molecule has 9 nitrogen and oxygen atoms in total. The predicted octanol–water partition coefficient (Wildman–Crippen LogP) is 7.07. The second-order valence-electron chi connectivity index (χ2n) is 11.3. The first-order chi connectivity index (χ1) is 22.0. The van der Waals surface area contributed by atoms with Crippen LogP contribution in [0, 0.1) is 6.92 Å². The molecule has 0 spiro atoms. The zero-order chi connectivity index (χ0) is 30.9. The van der Waals surface area contributed by atoms with Crippen molar-refractivity contribution in [3.8, 4) is 11.1 Å². The molecule has 0 radical (unpaired) electrons. The number of halogens is 1. The Morgan fingerprint density at radius 2 is 1.56 bits per heavy atom. The van der Waals surface area contributed by atoms with Gasteiger partial charge in [-0.25, -0.2) is 9.97 Å². The van der Waals surface area contributed by atoms with E-state index in [-0.39, 0.29) is 6.10 Å². The molecule has 0 saturated carbocycles. The van der Waals surface area contributed by atoms with Gasteiger partial charge in [0.05, 0.1) is 16.8 Å². The van der Waals surface area contributed by atoms with Crippen molar-refractivity contribution >= 4 is 62.7 Å². The third-order valence-electron chi connectivity index (χ3n) is 8.19. The molecule has 0 bridgehead atoms. The number of pyridine rings is 4. The van der Waals surface area contributed by atoms with Crippen molar-refractivity contribution in [2.45, 2.75) is 26.0 Å². The number of carbonyl (C=O) groups excluding carboxylic acids is 1. The lowest BCUT2D eigenvalue weighted by Gasteiger charge is -2.17. The third kappa shape index (κ3) is 5.81. The molecular formula is C35H30ClN7O2. The number of nitrogens with one attached hydrogen (secondary N) is 2. The molecule has 7 rings (SSSR count). The molecule has 1 saturated heterocycles. The summed E-state index contributed by atoms with van der Waals surface area (Å²) in [5.74, 6) is 1.22. The monoisotopic (exact) mass is 615 g/mol. The topological polar surface area (TPSA) is 116 Å². The number of aromatic nitrogens is 4. The molecule has 1 aliphatic rings. The van der Waals surface area contributed by atoms with Crippen molar-refractivity contribution in [3.63, 3.8) is 0 Å². The maximum atomic E-state index is 11.2. The van der Waals surface area contributed by atoms with E-state index in [9.17, 15) is 9.90 Å². The number of aliphatic hydroxyl groups is 1. The van der Waals surface area contributed by atoms with Crippen LogP contribution in [0.5, 0.6) is 0 Å². The molecule has 4 aromatic heterocycles. The molecule has 0 unspecified atom stereocenters. The number of β-amino-alcohol motifs (C(OH)–C–C–N with tert-alkyl or cyclic N) is 1. The summed E-state index contributed by atoms with van der Waals surface area (Å²) in [6, 6.07) is 19.6. The van der Waals surface area contributed by atoms with E-state index < -0.39 is 0 Å². The summed E-state index contributed by atoms with van der Waals surface area (Å²) >= 11 is 7.02. The zero-order valence-corrected chi connectivity index (χ0v) is 25.3. The predicted molar refractivity (Wildman–Crippen MR) is 179 cm³/mol. The van der Waals surface area contributed by atoms with Gasteiger partial charge in [-0.3, -0.25) is 19.7 Å². The van der Waals surface area contributed by atoms with E-state index in [1.807, 2.05) is 54.7 Å². The molecule has 0 amide bonds. The number of likely N-dealkylation sites (tertiary alicyclic amines) is 1. The van der Waals surface area contributed by atoms with Gasteiger partial charge < -0.3 is 15.7 Å². The van der Waals surface area contributed by atoms with E-state index in [0.29, 0.717) is 40.0 Å². The first-order valence-electron chi connectivity index (χ1n) is 14.7. The van der Waals surface area contributed by atoms with Gasteiger partial charge in [-0.15, -0.1) is 0 Å². The number of rotatable bonds is 8. The molecule has 1 aliphatic heterocycles. The van der Waals surface area contributed by atoms with Gasteiger partial charge in [0.15, 0.2) is 17.9 Å². The van der Waals surface area contributed by atoms with Gasteiger partial charge in [0.1, 0.15) is 11.0 Å². The Kier molecular flexibility index (Phi) is 7.81. The highest BCUT2D eigenvalue weighted by molar-refractivity contribution is 6.36. The second-order valence-corrected chi connectivity index (χ2v) is 11.6. The van der Waals surface area contributed by atoms with Gasteiger partial charge in [0, 0.05) is 72.0 Å². The summed E-state index contributed by atoms with van der Waals surface area (Å²) in [4.78, 5) is 31.8. The summed E-state index contributed by atoms with van der Waals surface area (Å²) in [5, 5.41) is 19.1. The molecule has 10 heteroatoms. The molecule has 45 heavy (non-hydrogen) atoms. The number of hydrogen-bond donors (Lipinski definition) is 3. The molecule has 2 aromatic carbocycles. The van der Waals surface area contributed by atoms with Gasteiger partial charge in [-0.2, -0.15) is 0 Å². The zero-order valence-electron chi connectivity index (χ0n) is 24.5. The molecule has 0 aliphatic carbocycles. The van der Waals surface area contributed by atoms with Gasteiger partial charge in [0.2, 0.25) is 0 Å². The largest absolute Gasteiger partial charge is 0.392 e. The first kappa shape index (κ1) is 28.8. The lowest BCUT2D eigenvalue weighted by molar-refractivity contribution is 0.112. The highest BCUT2D eigenvalue weighted by atomic mass is 35.5. The maximum absolute atomic E-state index is 11.2. The van der Waals surface area contributed by atoms with Crippen molar-refractivity contribution in [2.24, 2.45) is 0 Å². The van der Waals surface area contributed by atoms with E-state index in [2.05, 4.69) is 43.5 Å². The van der Waals surface area contributed by atoms with Crippen LogP contribution in [-0.4, -0.2) is 55.4 Å². The quantitative estimate of drug-likeness (QED) is 0.155. The summed E-state index contributed by atoms with van der Waals surface area (Å²) in [7, 11) is 0. The standard InChI is InChI=1S/C35H30ClN7O2/c1-21-27(28-5-3-7-30(31(28)36)42-35-33-25(9-12-38-35)15-23(20-44)17-40-33)4-2-6-29(21)41-34-32-24(8-11-37-34)14-22(16-39-32)18-43-13-10-26(45)19-43/h2-9,11-12,14-17,20,26,45H,10,13,18-19H2,1H3,(H,37,41)(H,38,42)/t26-/m1/s1. The minimum absolute atomic E-state index is 0.247. The van der Waals surface area contributed by atoms with Crippen LogP contribution >= 0.6 is 11.6 Å². The van der Waals surface area contributed by atoms with Crippen LogP contribution in [0.3, 0.4) is 0 Å². The number of aldehydes is 1. The minimum Gasteiger partial charge on any atom is -0.392 e.